The first-order chi connectivity index (χ1) is 7.37. The first-order valence-electron chi connectivity index (χ1n) is 5.51. The van der Waals surface area contributed by atoms with E-state index in [0.29, 0.717) is 0 Å². The number of rotatable bonds is 4. The molecule has 0 aromatic heterocycles. The number of hydrogen-bond donors (Lipinski definition) is 1. The van der Waals surface area contributed by atoms with Crippen molar-refractivity contribution in [2.75, 3.05) is 5.75 Å². The third-order valence-electron chi connectivity index (χ3n) is 2.14. The summed E-state index contributed by atoms with van der Waals surface area (Å²) in [6.07, 6.45) is 0.917. The predicted octanol–water partition coefficient (Wildman–Crippen LogP) is 3.74. The van der Waals surface area contributed by atoms with E-state index in [-0.39, 0.29) is 10.8 Å². The zero-order valence-corrected chi connectivity index (χ0v) is 11.7. The first-order valence-corrected chi connectivity index (χ1v) is 6.87. The minimum atomic E-state index is 0.213. The summed E-state index contributed by atoms with van der Waals surface area (Å²) in [5.41, 5.74) is 7.35. The second-order valence-corrected chi connectivity index (χ2v) is 7.30. The summed E-state index contributed by atoms with van der Waals surface area (Å²) in [7, 11) is 0. The Morgan fingerprint density at radius 2 is 1.81 bits per heavy atom. The third-order valence-corrected chi connectivity index (χ3v) is 3.85. The van der Waals surface area contributed by atoms with Gasteiger partial charge in [-0.2, -0.15) is 11.8 Å². The molecule has 3 heteroatoms. The van der Waals surface area contributed by atoms with Gasteiger partial charge in [0.25, 0.3) is 0 Å². The van der Waals surface area contributed by atoms with Gasteiger partial charge in [-0.1, -0.05) is 44.5 Å². The van der Waals surface area contributed by atoms with Crippen LogP contribution in [0, 0.1) is 0 Å². The molecule has 0 spiro atoms. The molecule has 2 N–H and O–H groups in total. The fraction of sp³-hybridized carbons (Fsp3) is 0.538. The highest BCUT2D eigenvalue weighted by atomic mass is 35.5. The van der Waals surface area contributed by atoms with Gasteiger partial charge in [0.1, 0.15) is 0 Å². The van der Waals surface area contributed by atoms with E-state index in [9.17, 15) is 0 Å². The monoisotopic (exact) mass is 257 g/mol. The fourth-order valence-electron chi connectivity index (χ4n) is 1.34. The second kappa shape index (κ2) is 5.95. The van der Waals surface area contributed by atoms with Gasteiger partial charge in [0.15, 0.2) is 0 Å². The predicted molar refractivity (Wildman–Crippen MR) is 75.3 cm³/mol. The minimum Gasteiger partial charge on any atom is -0.327 e. The summed E-state index contributed by atoms with van der Waals surface area (Å²) < 4.78 is 0.289. The third kappa shape index (κ3) is 5.78. The van der Waals surface area contributed by atoms with Crippen LogP contribution in [0.1, 0.15) is 26.3 Å². The quantitative estimate of drug-likeness (QED) is 0.889. The van der Waals surface area contributed by atoms with Crippen LogP contribution in [-0.2, 0) is 6.42 Å². The molecule has 1 rings (SSSR count). The maximum absolute atomic E-state index is 6.10. The number of halogens is 1. The normalized spacial score (nSPS) is 13.8. The Kier molecular flexibility index (Phi) is 5.16. The Morgan fingerprint density at radius 3 is 2.31 bits per heavy atom. The molecular weight excluding hydrogens is 238 g/mol. The van der Waals surface area contributed by atoms with Gasteiger partial charge < -0.3 is 5.73 Å². The summed E-state index contributed by atoms with van der Waals surface area (Å²) in [6.45, 7) is 6.64. The molecule has 0 saturated heterocycles. The molecular formula is C13H20ClNS. The molecule has 0 amide bonds. The molecule has 0 radical (unpaired) electrons. The van der Waals surface area contributed by atoms with E-state index < -0.39 is 0 Å². The molecule has 0 saturated carbocycles. The Hall–Kier alpha value is -0.180. The number of nitrogens with two attached hydrogens (primary N) is 1. The van der Waals surface area contributed by atoms with E-state index in [4.69, 9.17) is 17.3 Å². The van der Waals surface area contributed by atoms with Gasteiger partial charge in [-0.15, -0.1) is 0 Å². The van der Waals surface area contributed by atoms with Crippen molar-refractivity contribution in [3.63, 3.8) is 0 Å². The van der Waals surface area contributed by atoms with E-state index in [1.165, 1.54) is 5.56 Å². The smallest absolute Gasteiger partial charge is 0.0406 e. The fourth-order valence-corrected chi connectivity index (χ4v) is 2.30. The zero-order valence-electron chi connectivity index (χ0n) is 10.2. The summed E-state index contributed by atoms with van der Waals surface area (Å²) in [5, 5.41) is 0.779. The van der Waals surface area contributed by atoms with Crippen molar-refractivity contribution in [1.82, 2.24) is 0 Å². The van der Waals surface area contributed by atoms with E-state index >= 15 is 0 Å². The van der Waals surface area contributed by atoms with Crippen LogP contribution in [-0.4, -0.2) is 16.5 Å². The maximum atomic E-state index is 6.10. The van der Waals surface area contributed by atoms with Crippen LogP contribution in [0.15, 0.2) is 24.3 Å². The van der Waals surface area contributed by atoms with Crippen LogP contribution in [0.4, 0.5) is 0 Å². The summed E-state index contributed by atoms with van der Waals surface area (Å²) in [5.74, 6) is 0.992. The highest BCUT2D eigenvalue weighted by Crippen LogP contribution is 2.24. The molecule has 1 aromatic rings. The van der Waals surface area contributed by atoms with Gasteiger partial charge in [-0.05, 0) is 24.1 Å². The number of benzene rings is 1. The average molecular weight is 258 g/mol. The molecule has 90 valence electrons. The van der Waals surface area contributed by atoms with Crippen LogP contribution >= 0.6 is 23.4 Å². The number of thioether (sulfide) groups is 1. The van der Waals surface area contributed by atoms with Gasteiger partial charge in [-0.25, -0.2) is 0 Å². The second-order valence-electron chi connectivity index (χ2n) is 5.01. The van der Waals surface area contributed by atoms with Crippen LogP contribution in [0.2, 0.25) is 5.02 Å². The molecule has 16 heavy (non-hydrogen) atoms. The van der Waals surface area contributed by atoms with Crippen molar-refractivity contribution >= 4 is 23.4 Å². The maximum Gasteiger partial charge on any atom is 0.0406 e. The van der Waals surface area contributed by atoms with Gasteiger partial charge in [0, 0.05) is 21.6 Å². The van der Waals surface area contributed by atoms with E-state index in [1.54, 1.807) is 0 Å². The van der Waals surface area contributed by atoms with Crippen LogP contribution < -0.4 is 5.73 Å². The van der Waals surface area contributed by atoms with Gasteiger partial charge >= 0.3 is 0 Å². The lowest BCUT2D eigenvalue weighted by Gasteiger charge is -2.20. The van der Waals surface area contributed by atoms with E-state index in [1.807, 2.05) is 36.0 Å². The highest BCUT2D eigenvalue weighted by molar-refractivity contribution is 8.00. The SMILES string of the molecule is CC(C)(C)SCC(N)Cc1ccc(Cl)cc1. The molecule has 0 aliphatic carbocycles. The topological polar surface area (TPSA) is 26.0 Å². The van der Waals surface area contributed by atoms with Crippen LogP contribution in [0.25, 0.3) is 0 Å². The molecule has 1 nitrogen and oxygen atoms in total. The summed E-state index contributed by atoms with van der Waals surface area (Å²) in [4.78, 5) is 0. The largest absolute Gasteiger partial charge is 0.327 e. The van der Waals surface area contributed by atoms with Gasteiger partial charge in [0.05, 0.1) is 0 Å². The highest BCUT2D eigenvalue weighted by Gasteiger charge is 2.13. The molecule has 0 heterocycles. The van der Waals surface area contributed by atoms with Crippen molar-refractivity contribution in [1.29, 1.82) is 0 Å². The Labute approximate surface area is 108 Å². The van der Waals surface area contributed by atoms with Crippen LogP contribution in [0.5, 0.6) is 0 Å². The Bertz CT molecular complexity index is 316. The zero-order chi connectivity index (χ0) is 12.2. The standard InChI is InChI=1S/C13H20ClNS/c1-13(2,3)16-9-12(15)8-10-4-6-11(14)7-5-10/h4-7,12H,8-9,15H2,1-3H3. The Balaban J connectivity index is 2.39. The van der Waals surface area contributed by atoms with Crippen molar-refractivity contribution < 1.29 is 0 Å². The van der Waals surface area contributed by atoms with E-state index in [0.717, 1.165) is 17.2 Å². The lowest BCUT2D eigenvalue weighted by molar-refractivity contribution is 0.734. The van der Waals surface area contributed by atoms with Crippen molar-refractivity contribution in [3.05, 3.63) is 34.9 Å². The summed E-state index contributed by atoms with van der Waals surface area (Å²) in [6, 6.07) is 8.14. The molecule has 1 aromatic carbocycles. The lowest BCUT2D eigenvalue weighted by atomic mass is 10.1. The van der Waals surface area contributed by atoms with Crippen LogP contribution in [0.3, 0.4) is 0 Å². The average Bonchev–Trinajstić information content (AvgIpc) is 2.18. The van der Waals surface area contributed by atoms with Gasteiger partial charge in [-0.3, -0.25) is 0 Å². The summed E-state index contributed by atoms with van der Waals surface area (Å²) >= 11 is 7.75. The minimum absolute atomic E-state index is 0.213. The van der Waals surface area contributed by atoms with Gasteiger partial charge in [0.2, 0.25) is 0 Å². The molecule has 1 atom stereocenters. The van der Waals surface area contributed by atoms with Crippen molar-refractivity contribution in [2.45, 2.75) is 38.0 Å². The number of hydrogen-bond acceptors (Lipinski definition) is 2. The molecule has 0 aliphatic heterocycles. The van der Waals surface area contributed by atoms with Crippen molar-refractivity contribution in [2.24, 2.45) is 5.73 Å². The van der Waals surface area contributed by atoms with E-state index in [2.05, 4.69) is 20.8 Å². The Morgan fingerprint density at radius 1 is 1.25 bits per heavy atom. The molecule has 1 unspecified atom stereocenters. The lowest BCUT2D eigenvalue weighted by Crippen LogP contribution is -2.27. The molecule has 0 fully saturated rings. The molecule has 0 aliphatic rings. The molecule has 0 bridgehead atoms. The first kappa shape index (κ1) is 13.9. The van der Waals surface area contributed by atoms with Crippen molar-refractivity contribution in [3.8, 4) is 0 Å².